The molecular weight excluding hydrogens is 815 g/mol. The zero-order chi connectivity index (χ0) is 39.3. The summed E-state index contributed by atoms with van der Waals surface area (Å²) < 4.78 is 0.215. The first-order valence-corrected chi connectivity index (χ1v) is 38.5. The molecule has 2 fully saturated rings. The Hall–Kier alpha value is -1.96. The summed E-state index contributed by atoms with van der Waals surface area (Å²) in [6.07, 6.45) is 23.4. The molecule has 2 atom stereocenters. The molecule has 56 heavy (non-hydrogen) atoms. The van der Waals surface area contributed by atoms with Gasteiger partial charge >= 0.3 is 351 Å². The Morgan fingerprint density at radius 3 is 1.23 bits per heavy atom. The SMILES string of the molecule is Cc1ccc(-c2cccc3c2C=C(CC2(C)CCCCCC2)[CH]3[Zr]([Cl])([Cl])([CH]2C(CC3(C)CCCCCC3)=Cc3c(-c4ccc(C)cc4)cccc32)[SiH](C)C)cc1. The van der Waals surface area contributed by atoms with E-state index in [-0.39, 0.29) is 18.1 Å². The standard InChI is InChI=1S/2C25H29.C2H7Si.2ClH.Zr/c2*1-19-10-12-21(13-11-19)23-9-7-8-22-16-20(17-24(22)23)18-25(2)14-5-3-4-6-15-25;1-3-2;;;/h2*7-13,16-17H,3-6,14-15,18H2,1-2H3;3H,1-2H3;2*1H;/q;;;;;+2/p-2. The fourth-order valence-electron chi connectivity index (χ4n) is 11.8. The number of hydrogen-bond acceptors (Lipinski definition) is 0. The van der Waals surface area contributed by atoms with E-state index < -0.39 is 21.5 Å². The van der Waals surface area contributed by atoms with Crippen molar-refractivity contribution in [3.63, 3.8) is 0 Å². The van der Waals surface area contributed by atoms with Crippen molar-refractivity contribution in [2.75, 3.05) is 0 Å². The fourth-order valence-corrected chi connectivity index (χ4v) is 43.1. The Bertz CT molecular complexity index is 1980. The van der Waals surface area contributed by atoms with Crippen LogP contribution in [0.3, 0.4) is 0 Å². The normalized spacial score (nSPS) is 22.6. The summed E-state index contributed by atoms with van der Waals surface area (Å²) in [6, 6.07) is 32.5. The van der Waals surface area contributed by atoms with Crippen molar-refractivity contribution in [2.24, 2.45) is 10.8 Å². The van der Waals surface area contributed by atoms with E-state index >= 15 is 0 Å². The number of aryl methyl sites for hydroxylation is 2. The van der Waals surface area contributed by atoms with Crippen LogP contribution < -0.4 is 0 Å². The summed E-state index contributed by atoms with van der Waals surface area (Å²) in [6.45, 7) is 14.7. The molecular formula is C52H65Cl2SiZr. The third-order valence-electron chi connectivity index (χ3n) is 15.1. The van der Waals surface area contributed by atoms with E-state index in [4.69, 9.17) is 0 Å². The number of halogens is 2. The number of fused-ring (bicyclic) bond motifs is 2. The molecule has 4 heteroatoms. The van der Waals surface area contributed by atoms with Crippen LogP contribution in [-0.4, -0.2) is 5.92 Å². The zero-order valence-electron chi connectivity index (χ0n) is 35.1. The van der Waals surface area contributed by atoms with Gasteiger partial charge in [-0.15, -0.1) is 0 Å². The Morgan fingerprint density at radius 2 is 0.893 bits per heavy atom. The monoisotopic (exact) mass is 877 g/mol. The molecule has 0 spiro atoms. The van der Waals surface area contributed by atoms with Crippen molar-refractivity contribution in [3.8, 4) is 22.3 Å². The van der Waals surface area contributed by atoms with Crippen LogP contribution in [0.5, 0.6) is 0 Å². The van der Waals surface area contributed by atoms with Gasteiger partial charge in [0.15, 0.2) is 0 Å². The third-order valence-corrected chi connectivity index (χ3v) is 67.0. The number of allylic oxidation sites excluding steroid dienone is 2. The Kier molecular flexibility index (Phi) is 11.6. The Labute approximate surface area is 348 Å². The van der Waals surface area contributed by atoms with E-state index in [9.17, 15) is 17.0 Å². The van der Waals surface area contributed by atoms with Crippen LogP contribution in [0.25, 0.3) is 34.4 Å². The van der Waals surface area contributed by atoms with Crippen molar-refractivity contribution in [1.82, 2.24) is 0 Å². The molecule has 2 unspecified atom stereocenters. The second kappa shape index (κ2) is 15.9. The van der Waals surface area contributed by atoms with Gasteiger partial charge in [-0.2, -0.15) is 0 Å². The molecule has 4 aliphatic rings. The van der Waals surface area contributed by atoms with Gasteiger partial charge in [0.1, 0.15) is 0 Å². The fraction of sp³-hybridized carbons (Fsp3) is 0.462. The van der Waals surface area contributed by atoms with Crippen molar-refractivity contribution in [3.05, 3.63) is 129 Å². The van der Waals surface area contributed by atoms with Crippen molar-refractivity contribution in [2.45, 2.75) is 138 Å². The molecule has 0 N–H and O–H groups in total. The van der Waals surface area contributed by atoms with Crippen molar-refractivity contribution >= 4 is 35.1 Å². The summed E-state index contributed by atoms with van der Waals surface area (Å²) in [7, 11) is 18.3. The first-order chi connectivity index (χ1) is 26.8. The molecule has 0 bridgehead atoms. The second-order valence-electron chi connectivity index (χ2n) is 19.8. The van der Waals surface area contributed by atoms with E-state index in [0.29, 0.717) is 0 Å². The molecule has 0 aromatic heterocycles. The molecule has 2 saturated carbocycles. The minimum absolute atomic E-state index is 0.108. The number of benzene rings is 4. The Morgan fingerprint density at radius 1 is 0.536 bits per heavy atom. The zero-order valence-corrected chi connectivity index (χ0v) is 40.2. The molecule has 0 aliphatic heterocycles. The van der Waals surface area contributed by atoms with E-state index in [0.717, 1.165) is 12.8 Å². The van der Waals surface area contributed by atoms with Crippen LogP contribution in [0.15, 0.2) is 96.1 Å². The molecule has 0 heterocycles. The molecule has 4 aliphatic carbocycles. The molecule has 4 aromatic carbocycles. The predicted molar refractivity (Wildman–Crippen MR) is 246 cm³/mol. The second-order valence-corrected chi connectivity index (χ2v) is 62.3. The molecule has 0 nitrogen and oxygen atoms in total. The van der Waals surface area contributed by atoms with Gasteiger partial charge in [0, 0.05) is 0 Å². The predicted octanol–water partition coefficient (Wildman–Crippen LogP) is 16.7. The summed E-state index contributed by atoms with van der Waals surface area (Å²) in [5.41, 5.74) is 17.1. The summed E-state index contributed by atoms with van der Waals surface area (Å²) in [5.74, 6) is -1.73. The summed E-state index contributed by atoms with van der Waals surface area (Å²) in [5, 5.41) is 0. The van der Waals surface area contributed by atoms with Gasteiger partial charge < -0.3 is 0 Å². The van der Waals surface area contributed by atoms with Gasteiger partial charge in [0.05, 0.1) is 0 Å². The van der Waals surface area contributed by atoms with Crippen LogP contribution >= 0.6 is 17.0 Å². The van der Waals surface area contributed by atoms with Gasteiger partial charge in [0.25, 0.3) is 0 Å². The van der Waals surface area contributed by atoms with Crippen LogP contribution in [0.2, 0.25) is 13.1 Å². The molecule has 295 valence electrons. The van der Waals surface area contributed by atoms with Gasteiger partial charge in [0.2, 0.25) is 0 Å². The maximum absolute atomic E-state index is 9.17. The first-order valence-electron chi connectivity index (χ1n) is 22.2. The Balaban J connectivity index is 1.35. The maximum atomic E-state index is 9.17. The minimum atomic E-state index is -5.06. The van der Waals surface area contributed by atoms with E-state index in [1.54, 1.807) is 11.1 Å². The van der Waals surface area contributed by atoms with Crippen LogP contribution in [0, 0.1) is 24.7 Å². The first kappa shape index (κ1) is 40.8. The van der Waals surface area contributed by atoms with E-state index in [1.165, 1.54) is 133 Å². The van der Waals surface area contributed by atoms with E-state index in [1.807, 2.05) is 0 Å². The quantitative estimate of drug-likeness (QED) is 0.116. The van der Waals surface area contributed by atoms with E-state index in [2.05, 4.69) is 138 Å². The van der Waals surface area contributed by atoms with Crippen molar-refractivity contribution < 1.29 is 15.6 Å². The summed E-state index contributed by atoms with van der Waals surface area (Å²) >= 11 is -5.06. The van der Waals surface area contributed by atoms with Gasteiger partial charge in [-0.05, 0) is 0 Å². The molecule has 8 rings (SSSR count). The van der Waals surface area contributed by atoms with Crippen molar-refractivity contribution in [1.29, 1.82) is 0 Å². The van der Waals surface area contributed by atoms with Crippen LogP contribution in [0.1, 0.15) is 144 Å². The van der Waals surface area contributed by atoms with Crippen LogP contribution in [0.4, 0.5) is 0 Å². The molecule has 0 amide bonds. The van der Waals surface area contributed by atoms with Gasteiger partial charge in [-0.1, -0.05) is 0 Å². The number of hydrogen-bond donors (Lipinski definition) is 0. The third kappa shape index (κ3) is 7.55. The van der Waals surface area contributed by atoms with Gasteiger partial charge in [-0.3, -0.25) is 0 Å². The average molecular weight is 880 g/mol. The van der Waals surface area contributed by atoms with Gasteiger partial charge in [-0.25, -0.2) is 0 Å². The average Bonchev–Trinajstić information content (AvgIpc) is 3.55. The molecule has 0 radical (unpaired) electrons. The summed E-state index contributed by atoms with van der Waals surface area (Å²) in [4.78, 5) is 0. The number of rotatable bonds is 9. The molecule has 4 aromatic rings. The van der Waals surface area contributed by atoms with Crippen LogP contribution in [-0.2, 0) is 15.6 Å². The topological polar surface area (TPSA) is 0 Å². The molecule has 0 saturated heterocycles.